The molecule has 1 aromatic carbocycles. The van der Waals surface area contributed by atoms with Gasteiger partial charge in [0.15, 0.2) is 0 Å². The highest BCUT2D eigenvalue weighted by molar-refractivity contribution is 5.91. The van der Waals surface area contributed by atoms with Crippen LogP contribution in [0.15, 0.2) is 24.3 Å². The molecule has 0 unspecified atom stereocenters. The summed E-state index contributed by atoms with van der Waals surface area (Å²) in [7, 11) is 0. The number of rotatable bonds is 3. The molecular weight excluding hydrogens is 204 g/mol. The SMILES string of the molecule is C.C=C(C)Cc1cc(C)cc(C(=O)O)c1O. The summed E-state index contributed by atoms with van der Waals surface area (Å²) in [5.41, 5.74) is 2.26. The fourth-order valence-electron chi connectivity index (χ4n) is 1.48. The Labute approximate surface area is 96.1 Å². The maximum atomic E-state index is 10.8. The van der Waals surface area contributed by atoms with E-state index in [2.05, 4.69) is 6.58 Å². The lowest BCUT2D eigenvalue weighted by atomic mass is 10.00. The standard InChI is InChI=1S/C12H14O3.CH4/c1-7(2)4-9-5-8(3)6-10(11(9)13)12(14)15;/h5-6,13H,1,4H2,2-3H3,(H,14,15);1H4. The molecule has 0 fully saturated rings. The van der Waals surface area contributed by atoms with E-state index >= 15 is 0 Å². The van der Waals surface area contributed by atoms with E-state index in [0.29, 0.717) is 12.0 Å². The number of benzene rings is 1. The molecule has 0 aliphatic heterocycles. The number of aryl methyl sites for hydroxylation is 1. The number of carboxylic acid groups (broad SMARTS) is 1. The number of allylic oxidation sites excluding steroid dienone is 1. The second-order valence-corrected chi connectivity index (χ2v) is 3.76. The van der Waals surface area contributed by atoms with Crippen LogP contribution in [0.1, 0.15) is 35.8 Å². The smallest absolute Gasteiger partial charge is 0.339 e. The Bertz CT molecular complexity index is 419. The molecule has 0 aliphatic carbocycles. The van der Waals surface area contributed by atoms with Crippen LogP contribution in [0, 0.1) is 6.92 Å². The van der Waals surface area contributed by atoms with Crippen molar-refractivity contribution in [2.75, 3.05) is 0 Å². The lowest BCUT2D eigenvalue weighted by molar-refractivity contribution is 0.0693. The Kier molecular flexibility index (Phi) is 4.76. The van der Waals surface area contributed by atoms with Gasteiger partial charge in [-0.1, -0.05) is 25.6 Å². The first-order chi connectivity index (χ1) is 6.91. The molecule has 1 aromatic rings. The zero-order valence-corrected chi connectivity index (χ0v) is 8.87. The van der Waals surface area contributed by atoms with Gasteiger partial charge in [-0.25, -0.2) is 4.79 Å². The normalized spacial score (nSPS) is 9.38. The van der Waals surface area contributed by atoms with Crippen molar-refractivity contribution in [3.05, 3.63) is 41.0 Å². The first-order valence-corrected chi connectivity index (χ1v) is 4.62. The molecule has 0 aromatic heterocycles. The highest BCUT2D eigenvalue weighted by Gasteiger charge is 2.14. The van der Waals surface area contributed by atoms with Crippen LogP contribution in [0.3, 0.4) is 0 Å². The molecule has 16 heavy (non-hydrogen) atoms. The molecule has 0 saturated carbocycles. The minimum atomic E-state index is -1.11. The Morgan fingerprint density at radius 2 is 2.00 bits per heavy atom. The third kappa shape index (κ3) is 3.12. The van der Waals surface area contributed by atoms with Gasteiger partial charge < -0.3 is 10.2 Å². The summed E-state index contributed by atoms with van der Waals surface area (Å²) >= 11 is 0. The van der Waals surface area contributed by atoms with Gasteiger partial charge >= 0.3 is 5.97 Å². The fraction of sp³-hybridized carbons (Fsp3) is 0.308. The van der Waals surface area contributed by atoms with Crippen LogP contribution in [-0.4, -0.2) is 16.2 Å². The topological polar surface area (TPSA) is 57.5 Å². The summed E-state index contributed by atoms with van der Waals surface area (Å²) in [6.07, 6.45) is 0.494. The summed E-state index contributed by atoms with van der Waals surface area (Å²) in [6, 6.07) is 3.23. The van der Waals surface area contributed by atoms with E-state index in [1.165, 1.54) is 6.07 Å². The maximum absolute atomic E-state index is 10.8. The monoisotopic (exact) mass is 222 g/mol. The third-order valence-electron chi connectivity index (χ3n) is 2.06. The van der Waals surface area contributed by atoms with Crippen LogP contribution >= 0.6 is 0 Å². The Hall–Kier alpha value is -1.77. The Balaban J connectivity index is 0.00000225. The van der Waals surface area contributed by atoms with E-state index in [-0.39, 0.29) is 18.7 Å². The van der Waals surface area contributed by atoms with Crippen molar-refractivity contribution < 1.29 is 15.0 Å². The average molecular weight is 222 g/mol. The van der Waals surface area contributed by atoms with E-state index in [0.717, 1.165) is 11.1 Å². The molecular formula is C13H18O3. The quantitative estimate of drug-likeness (QED) is 0.772. The highest BCUT2D eigenvalue weighted by atomic mass is 16.4. The maximum Gasteiger partial charge on any atom is 0.339 e. The zero-order valence-electron chi connectivity index (χ0n) is 8.87. The van der Waals surface area contributed by atoms with Gasteiger partial charge in [-0.05, 0) is 37.5 Å². The summed E-state index contributed by atoms with van der Waals surface area (Å²) in [5, 5.41) is 18.6. The highest BCUT2D eigenvalue weighted by Crippen LogP contribution is 2.26. The van der Waals surface area contributed by atoms with Crippen molar-refractivity contribution in [2.24, 2.45) is 0 Å². The molecule has 0 heterocycles. The van der Waals surface area contributed by atoms with Crippen molar-refractivity contribution >= 4 is 5.97 Å². The number of carbonyl (C=O) groups is 1. The molecule has 0 spiro atoms. The minimum Gasteiger partial charge on any atom is -0.507 e. The van der Waals surface area contributed by atoms with E-state index in [9.17, 15) is 9.90 Å². The van der Waals surface area contributed by atoms with Crippen molar-refractivity contribution in [1.29, 1.82) is 0 Å². The number of hydrogen-bond acceptors (Lipinski definition) is 2. The third-order valence-corrected chi connectivity index (χ3v) is 2.06. The molecule has 2 N–H and O–H groups in total. The predicted octanol–water partition coefficient (Wildman–Crippen LogP) is 3.15. The number of aromatic carboxylic acids is 1. The molecule has 0 saturated heterocycles. The van der Waals surface area contributed by atoms with Gasteiger partial charge in [0, 0.05) is 0 Å². The molecule has 3 nitrogen and oxygen atoms in total. The average Bonchev–Trinajstić information content (AvgIpc) is 2.09. The van der Waals surface area contributed by atoms with Gasteiger partial charge in [-0.3, -0.25) is 0 Å². The number of hydrogen-bond donors (Lipinski definition) is 2. The molecule has 1 rings (SSSR count). The van der Waals surface area contributed by atoms with Gasteiger partial charge in [0.1, 0.15) is 11.3 Å². The Morgan fingerprint density at radius 3 is 2.44 bits per heavy atom. The number of phenols is 1. The van der Waals surface area contributed by atoms with Gasteiger partial charge in [-0.2, -0.15) is 0 Å². The largest absolute Gasteiger partial charge is 0.507 e. The van der Waals surface area contributed by atoms with Gasteiger partial charge in [-0.15, -0.1) is 0 Å². The molecule has 88 valence electrons. The summed E-state index contributed by atoms with van der Waals surface area (Å²) in [5.74, 6) is -1.27. The van der Waals surface area contributed by atoms with Gasteiger partial charge in [0.2, 0.25) is 0 Å². The predicted molar refractivity (Wildman–Crippen MR) is 65.1 cm³/mol. The fourth-order valence-corrected chi connectivity index (χ4v) is 1.48. The zero-order chi connectivity index (χ0) is 11.6. The molecule has 0 atom stereocenters. The second kappa shape index (κ2) is 5.35. The molecule has 3 heteroatoms. The van der Waals surface area contributed by atoms with E-state index in [4.69, 9.17) is 5.11 Å². The Morgan fingerprint density at radius 1 is 1.44 bits per heavy atom. The van der Waals surface area contributed by atoms with Crippen molar-refractivity contribution in [2.45, 2.75) is 27.7 Å². The van der Waals surface area contributed by atoms with Gasteiger partial charge in [0.05, 0.1) is 0 Å². The van der Waals surface area contributed by atoms with Crippen LogP contribution in [0.2, 0.25) is 0 Å². The van der Waals surface area contributed by atoms with Crippen molar-refractivity contribution in [3.8, 4) is 5.75 Å². The van der Waals surface area contributed by atoms with Crippen LogP contribution in [0.25, 0.3) is 0 Å². The molecule has 0 radical (unpaired) electrons. The van der Waals surface area contributed by atoms with Crippen molar-refractivity contribution in [3.63, 3.8) is 0 Å². The summed E-state index contributed by atoms with van der Waals surface area (Å²) in [4.78, 5) is 10.8. The summed E-state index contributed by atoms with van der Waals surface area (Å²) in [6.45, 7) is 7.37. The van der Waals surface area contributed by atoms with Gasteiger partial charge in [0.25, 0.3) is 0 Å². The molecule has 0 amide bonds. The van der Waals surface area contributed by atoms with Crippen LogP contribution in [-0.2, 0) is 6.42 Å². The number of carboxylic acids is 1. The van der Waals surface area contributed by atoms with E-state index in [1.807, 2.05) is 6.92 Å². The second-order valence-electron chi connectivity index (χ2n) is 3.76. The van der Waals surface area contributed by atoms with Crippen molar-refractivity contribution in [1.82, 2.24) is 0 Å². The van der Waals surface area contributed by atoms with Crippen LogP contribution in [0.5, 0.6) is 5.75 Å². The molecule has 0 bridgehead atoms. The first-order valence-electron chi connectivity index (χ1n) is 4.62. The first kappa shape index (κ1) is 14.2. The lowest BCUT2D eigenvalue weighted by Gasteiger charge is -2.08. The summed E-state index contributed by atoms with van der Waals surface area (Å²) < 4.78 is 0. The van der Waals surface area contributed by atoms with E-state index in [1.54, 1.807) is 13.0 Å². The van der Waals surface area contributed by atoms with Crippen LogP contribution < -0.4 is 0 Å². The lowest BCUT2D eigenvalue weighted by Crippen LogP contribution is -2.00. The van der Waals surface area contributed by atoms with Crippen LogP contribution in [0.4, 0.5) is 0 Å². The molecule has 0 aliphatic rings. The minimum absolute atomic E-state index is 0. The van der Waals surface area contributed by atoms with E-state index < -0.39 is 5.97 Å². The number of aromatic hydroxyl groups is 1.